The summed E-state index contributed by atoms with van der Waals surface area (Å²) in [5.41, 5.74) is 0. The molecular weight excluding hydrogens is 150 g/mol. The van der Waals surface area contributed by atoms with Crippen LogP contribution in [0.5, 0.6) is 0 Å². The van der Waals surface area contributed by atoms with Crippen LogP contribution in [0.3, 0.4) is 0 Å². The number of allylic oxidation sites excluding steroid dienone is 1. The van der Waals surface area contributed by atoms with Crippen molar-refractivity contribution in [2.75, 3.05) is 32.8 Å². The summed E-state index contributed by atoms with van der Waals surface area (Å²) in [6, 6.07) is 0. The van der Waals surface area contributed by atoms with Crippen molar-refractivity contribution in [1.82, 2.24) is 4.90 Å². The summed E-state index contributed by atoms with van der Waals surface area (Å²) in [4.78, 5) is 2.47. The molecule has 1 rings (SSSR count). The Morgan fingerprint density at radius 1 is 1.50 bits per heavy atom. The molecule has 0 N–H and O–H groups in total. The summed E-state index contributed by atoms with van der Waals surface area (Å²) >= 11 is 0. The van der Waals surface area contributed by atoms with Gasteiger partial charge in [-0.2, -0.15) is 0 Å². The first-order valence-electron chi connectivity index (χ1n) is 4.74. The molecule has 1 atom stereocenters. The zero-order valence-corrected chi connectivity index (χ0v) is 7.96. The molecule has 0 bridgehead atoms. The number of rotatable bonds is 4. The van der Waals surface area contributed by atoms with Crippen LogP contribution in [0.4, 0.5) is 0 Å². The van der Waals surface area contributed by atoms with Crippen LogP contribution in [0, 0.1) is 5.92 Å². The van der Waals surface area contributed by atoms with Crippen LogP contribution in [0.2, 0.25) is 0 Å². The largest absolute Gasteiger partial charge is 0.379 e. The van der Waals surface area contributed by atoms with E-state index in [2.05, 4.69) is 18.4 Å². The van der Waals surface area contributed by atoms with Crippen LogP contribution < -0.4 is 0 Å². The average molecular weight is 169 g/mol. The monoisotopic (exact) mass is 169 g/mol. The van der Waals surface area contributed by atoms with Crippen molar-refractivity contribution in [2.24, 2.45) is 5.92 Å². The molecule has 70 valence electrons. The summed E-state index contributed by atoms with van der Waals surface area (Å²) in [7, 11) is 0. The fourth-order valence-electron chi connectivity index (χ4n) is 1.58. The zero-order chi connectivity index (χ0) is 8.81. The Hall–Kier alpha value is -0.340. The molecule has 0 aliphatic carbocycles. The van der Waals surface area contributed by atoms with Crippen molar-refractivity contribution in [3.63, 3.8) is 0 Å². The zero-order valence-electron chi connectivity index (χ0n) is 7.96. The van der Waals surface area contributed by atoms with Crippen molar-refractivity contribution < 1.29 is 4.74 Å². The van der Waals surface area contributed by atoms with E-state index in [1.165, 1.54) is 6.54 Å². The van der Waals surface area contributed by atoms with Crippen LogP contribution >= 0.6 is 0 Å². The van der Waals surface area contributed by atoms with Crippen molar-refractivity contribution >= 4 is 0 Å². The standard InChI is InChI=1S/C10H19NO/c1-3-4-10(2)9-11-5-7-12-8-6-11/h3,10H,1,4-9H2,2H3. The second kappa shape index (κ2) is 5.33. The Morgan fingerprint density at radius 2 is 2.17 bits per heavy atom. The topological polar surface area (TPSA) is 12.5 Å². The van der Waals surface area contributed by atoms with Crippen LogP contribution in [0.1, 0.15) is 13.3 Å². The quantitative estimate of drug-likeness (QED) is 0.592. The molecule has 1 saturated heterocycles. The number of ether oxygens (including phenoxy) is 1. The van der Waals surface area contributed by atoms with Gasteiger partial charge in [0, 0.05) is 19.6 Å². The van der Waals surface area contributed by atoms with Crippen molar-refractivity contribution in [1.29, 1.82) is 0 Å². The molecule has 0 radical (unpaired) electrons. The minimum Gasteiger partial charge on any atom is -0.379 e. The summed E-state index contributed by atoms with van der Waals surface area (Å²) in [5.74, 6) is 0.737. The fourth-order valence-corrected chi connectivity index (χ4v) is 1.58. The molecular formula is C10H19NO. The molecule has 2 nitrogen and oxygen atoms in total. The van der Waals surface area contributed by atoms with Gasteiger partial charge in [0.1, 0.15) is 0 Å². The normalized spacial score (nSPS) is 22.1. The van der Waals surface area contributed by atoms with Crippen molar-refractivity contribution in [3.8, 4) is 0 Å². The van der Waals surface area contributed by atoms with Gasteiger partial charge in [-0.3, -0.25) is 4.90 Å². The van der Waals surface area contributed by atoms with Crippen LogP contribution in [-0.4, -0.2) is 37.7 Å². The van der Waals surface area contributed by atoms with Crippen LogP contribution in [0.25, 0.3) is 0 Å². The smallest absolute Gasteiger partial charge is 0.0594 e. The molecule has 1 fully saturated rings. The van der Waals surface area contributed by atoms with Gasteiger partial charge < -0.3 is 4.74 Å². The lowest BCUT2D eigenvalue weighted by molar-refractivity contribution is 0.0320. The molecule has 1 unspecified atom stereocenters. The molecule has 1 aliphatic heterocycles. The summed E-state index contributed by atoms with van der Waals surface area (Å²) in [6.45, 7) is 11.2. The number of hydrogen-bond donors (Lipinski definition) is 0. The van der Waals surface area contributed by atoms with Gasteiger partial charge >= 0.3 is 0 Å². The molecule has 0 spiro atoms. The molecule has 0 saturated carbocycles. The Morgan fingerprint density at radius 3 is 2.75 bits per heavy atom. The maximum atomic E-state index is 5.28. The van der Waals surface area contributed by atoms with Gasteiger partial charge in [-0.1, -0.05) is 13.0 Å². The third kappa shape index (κ3) is 3.37. The van der Waals surface area contributed by atoms with Gasteiger partial charge in [-0.25, -0.2) is 0 Å². The van der Waals surface area contributed by atoms with E-state index in [0.29, 0.717) is 0 Å². The molecule has 1 aliphatic rings. The maximum absolute atomic E-state index is 5.28. The van der Waals surface area contributed by atoms with E-state index in [-0.39, 0.29) is 0 Å². The second-order valence-electron chi connectivity index (χ2n) is 3.54. The van der Waals surface area contributed by atoms with Gasteiger partial charge in [0.2, 0.25) is 0 Å². The first-order chi connectivity index (χ1) is 5.83. The lowest BCUT2D eigenvalue weighted by atomic mass is 10.1. The molecule has 0 aromatic heterocycles. The lowest BCUT2D eigenvalue weighted by Crippen LogP contribution is -2.38. The minimum absolute atomic E-state index is 0.737. The van der Waals surface area contributed by atoms with E-state index < -0.39 is 0 Å². The molecule has 2 heteroatoms. The Labute approximate surface area is 75.2 Å². The Balaban J connectivity index is 2.15. The van der Waals surface area contributed by atoms with E-state index >= 15 is 0 Å². The van der Waals surface area contributed by atoms with Crippen molar-refractivity contribution in [2.45, 2.75) is 13.3 Å². The maximum Gasteiger partial charge on any atom is 0.0594 e. The summed E-state index contributed by atoms with van der Waals surface area (Å²) in [5, 5.41) is 0. The summed E-state index contributed by atoms with van der Waals surface area (Å²) < 4.78 is 5.28. The second-order valence-corrected chi connectivity index (χ2v) is 3.54. The van der Waals surface area contributed by atoms with E-state index in [4.69, 9.17) is 4.74 Å². The predicted octanol–water partition coefficient (Wildman–Crippen LogP) is 1.53. The third-order valence-electron chi connectivity index (χ3n) is 2.24. The third-order valence-corrected chi connectivity index (χ3v) is 2.24. The van der Waals surface area contributed by atoms with Crippen LogP contribution in [-0.2, 0) is 4.74 Å². The van der Waals surface area contributed by atoms with E-state index in [1.807, 2.05) is 6.08 Å². The molecule has 12 heavy (non-hydrogen) atoms. The van der Waals surface area contributed by atoms with Gasteiger partial charge in [0.15, 0.2) is 0 Å². The highest BCUT2D eigenvalue weighted by molar-refractivity contribution is 4.73. The SMILES string of the molecule is C=CCC(C)CN1CCOCC1. The van der Waals surface area contributed by atoms with E-state index in [0.717, 1.165) is 38.6 Å². The highest BCUT2D eigenvalue weighted by Crippen LogP contribution is 2.06. The van der Waals surface area contributed by atoms with E-state index in [9.17, 15) is 0 Å². The Bertz CT molecular complexity index is 130. The first-order valence-corrected chi connectivity index (χ1v) is 4.74. The molecule has 0 aromatic rings. The van der Waals surface area contributed by atoms with Gasteiger partial charge in [-0.05, 0) is 12.3 Å². The van der Waals surface area contributed by atoms with Gasteiger partial charge in [-0.15, -0.1) is 6.58 Å². The average Bonchev–Trinajstić information content (AvgIpc) is 2.06. The van der Waals surface area contributed by atoms with Crippen molar-refractivity contribution in [3.05, 3.63) is 12.7 Å². The fraction of sp³-hybridized carbons (Fsp3) is 0.800. The van der Waals surface area contributed by atoms with Crippen LogP contribution in [0.15, 0.2) is 12.7 Å². The van der Waals surface area contributed by atoms with E-state index in [1.54, 1.807) is 0 Å². The Kier molecular flexibility index (Phi) is 4.33. The highest BCUT2D eigenvalue weighted by Gasteiger charge is 2.12. The number of nitrogens with zero attached hydrogens (tertiary/aromatic N) is 1. The number of morpholine rings is 1. The predicted molar refractivity (Wildman–Crippen MR) is 51.2 cm³/mol. The van der Waals surface area contributed by atoms with Gasteiger partial charge in [0.25, 0.3) is 0 Å². The first kappa shape index (κ1) is 9.75. The molecule has 0 amide bonds. The lowest BCUT2D eigenvalue weighted by Gasteiger charge is -2.28. The number of hydrogen-bond acceptors (Lipinski definition) is 2. The minimum atomic E-state index is 0.737. The molecule has 0 aromatic carbocycles. The summed E-state index contributed by atoms with van der Waals surface area (Å²) in [6.07, 6.45) is 3.13. The molecule has 1 heterocycles. The highest BCUT2D eigenvalue weighted by atomic mass is 16.5. The van der Waals surface area contributed by atoms with Gasteiger partial charge in [0.05, 0.1) is 13.2 Å².